The van der Waals surface area contributed by atoms with E-state index in [1.807, 2.05) is 52.1 Å². The Bertz CT molecular complexity index is 660. The summed E-state index contributed by atoms with van der Waals surface area (Å²) < 4.78 is 5.45. The maximum atomic E-state index is 12.2. The second kappa shape index (κ2) is 8.50. The highest BCUT2D eigenvalue weighted by Gasteiger charge is 2.11. The van der Waals surface area contributed by atoms with Gasteiger partial charge in [0.1, 0.15) is 12.3 Å². The van der Waals surface area contributed by atoms with Gasteiger partial charge in [0.2, 0.25) is 0 Å². The zero-order valence-electron chi connectivity index (χ0n) is 15.0. The third kappa shape index (κ3) is 5.70. The fourth-order valence-electron chi connectivity index (χ4n) is 2.81. The summed E-state index contributed by atoms with van der Waals surface area (Å²) in [5.74, 6) is 0.912. The fourth-order valence-corrected chi connectivity index (χ4v) is 2.81. The molecule has 0 aromatic heterocycles. The molecule has 1 amide bonds. The number of benzene rings is 2. The number of quaternary nitrogens is 1. The molecule has 0 aliphatic rings. The van der Waals surface area contributed by atoms with Gasteiger partial charge in [0.05, 0.1) is 13.7 Å². The number of rotatable bonds is 7. The van der Waals surface area contributed by atoms with Gasteiger partial charge in [-0.1, -0.05) is 6.07 Å². The Hall–Kier alpha value is -2.33. The summed E-state index contributed by atoms with van der Waals surface area (Å²) in [5, 5.41) is 2.99. The van der Waals surface area contributed by atoms with Crippen LogP contribution in [0.3, 0.4) is 0 Å². The topological polar surface area (TPSA) is 42.8 Å². The van der Waals surface area contributed by atoms with Gasteiger partial charge in [-0.05, 0) is 68.3 Å². The fraction of sp³-hybridized carbons (Fsp3) is 0.350. The van der Waals surface area contributed by atoms with Crippen molar-refractivity contribution < 1.29 is 14.4 Å². The van der Waals surface area contributed by atoms with E-state index < -0.39 is 0 Å². The molecule has 1 atom stereocenters. The first kappa shape index (κ1) is 18.0. The number of anilines is 1. The Labute approximate surface area is 144 Å². The van der Waals surface area contributed by atoms with Crippen LogP contribution in [0.15, 0.2) is 42.5 Å². The minimum atomic E-state index is 0.0310. The largest absolute Gasteiger partial charge is 0.494 e. The number of nitrogens with one attached hydrogen (secondary N) is 2. The van der Waals surface area contributed by atoms with Crippen LogP contribution in [-0.2, 0) is 11.3 Å². The molecule has 128 valence electrons. The molecule has 1 unspecified atom stereocenters. The van der Waals surface area contributed by atoms with Crippen molar-refractivity contribution in [2.75, 3.05) is 25.5 Å². The summed E-state index contributed by atoms with van der Waals surface area (Å²) in [6, 6.07) is 14.1. The zero-order chi connectivity index (χ0) is 17.5. The number of ether oxygens (including phenoxy) is 1. The van der Waals surface area contributed by atoms with Crippen molar-refractivity contribution in [1.29, 1.82) is 0 Å². The van der Waals surface area contributed by atoms with Crippen LogP contribution < -0.4 is 15.0 Å². The van der Waals surface area contributed by atoms with Gasteiger partial charge in [-0.25, -0.2) is 0 Å². The average Bonchev–Trinajstić information content (AvgIpc) is 2.48. The van der Waals surface area contributed by atoms with Gasteiger partial charge in [-0.3, -0.25) is 4.79 Å². The Kier molecular flexibility index (Phi) is 6.38. The van der Waals surface area contributed by atoms with Crippen LogP contribution >= 0.6 is 0 Å². The molecule has 2 aromatic rings. The van der Waals surface area contributed by atoms with Crippen LogP contribution in [0.5, 0.6) is 5.75 Å². The van der Waals surface area contributed by atoms with Crippen LogP contribution in [0.1, 0.15) is 23.6 Å². The molecule has 0 aliphatic heterocycles. The Morgan fingerprint density at radius 1 is 1.08 bits per heavy atom. The lowest BCUT2D eigenvalue weighted by Gasteiger charge is -2.14. The van der Waals surface area contributed by atoms with Crippen molar-refractivity contribution in [2.24, 2.45) is 0 Å². The lowest BCUT2D eigenvalue weighted by atomic mass is 10.1. The second-order valence-corrected chi connectivity index (χ2v) is 6.31. The minimum absolute atomic E-state index is 0.0310. The number of hydrogen-bond donors (Lipinski definition) is 2. The number of likely N-dealkylation sites (N-methyl/N-ethyl adjacent to an activating group) is 1. The summed E-state index contributed by atoms with van der Waals surface area (Å²) in [5.41, 5.74) is 4.36. The molecule has 4 nitrogen and oxygen atoms in total. The number of aryl methyl sites for hydroxylation is 2. The molecule has 0 radical (unpaired) electrons. The standard InChI is InChI=1S/C20H26N2O2/c1-5-24-19-8-6-17(7-9-19)13-22(4)14-20(23)21-18-11-15(2)10-16(3)12-18/h6-12H,5,13-14H2,1-4H3,(H,21,23)/p+1. The van der Waals surface area contributed by atoms with Gasteiger partial charge >= 0.3 is 0 Å². The van der Waals surface area contributed by atoms with E-state index in [0.29, 0.717) is 13.2 Å². The number of carbonyl (C=O) groups is 1. The van der Waals surface area contributed by atoms with E-state index in [2.05, 4.69) is 23.5 Å². The summed E-state index contributed by atoms with van der Waals surface area (Å²) in [6.45, 7) is 7.94. The maximum absolute atomic E-state index is 12.2. The predicted molar refractivity (Wildman–Crippen MR) is 97.6 cm³/mol. The van der Waals surface area contributed by atoms with E-state index in [1.165, 1.54) is 5.56 Å². The highest BCUT2D eigenvalue weighted by atomic mass is 16.5. The van der Waals surface area contributed by atoms with Crippen molar-refractivity contribution >= 4 is 11.6 Å². The molecule has 4 heteroatoms. The second-order valence-electron chi connectivity index (χ2n) is 6.31. The molecule has 2 N–H and O–H groups in total. The van der Waals surface area contributed by atoms with Crippen LogP contribution in [0, 0.1) is 13.8 Å². The van der Waals surface area contributed by atoms with E-state index >= 15 is 0 Å². The van der Waals surface area contributed by atoms with Crippen molar-refractivity contribution in [3.8, 4) is 5.75 Å². The van der Waals surface area contributed by atoms with Gasteiger partial charge in [0.25, 0.3) is 5.91 Å². The number of hydrogen-bond acceptors (Lipinski definition) is 2. The number of carbonyl (C=O) groups excluding carboxylic acids is 1. The minimum Gasteiger partial charge on any atom is -0.494 e. The van der Waals surface area contributed by atoms with Crippen LogP contribution in [0.2, 0.25) is 0 Å². The highest BCUT2D eigenvalue weighted by molar-refractivity contribution is 5.91. The maximum Gasteiger partial charge on any atom is 0.279 e. The first-order valence-electron chi connectivity index (χ1n) is 8.37. The van der Waals surface area contributed by atoms with Gasteiger partial charge in [0.15, 0.2) is 6.54 Å². The molecule has 2 rings (SSSR count). The highest BCUT2D eigenvalue weighted by Crippen LogP contribution is 2.13. The van der Waals surface area contributed by atoms with Crippen LogP contribution in [0.25, 0.3) is 0 Å². The van der Waals surface area contributed by atoms with Crippen LogP contribution in [-0.4, -0.2) is 26.1 Å². The normalized spacial score (nSPS) is 11.8. The lowest BCUT2D eigenvalue weighted by molar-refractivity contribution is -0.885. The predicted octanol–water partition coefficient (Wildman–Crippen LogP) is 2.36. The molecule has 0 bridgehead atoms. The van der Waals surface area contributed by atoms with E-state index in [4.69, 9.17) is 4.74 Å². The third-order valence-corrected chi connectivity index (χ3v) is 3.71. The van der Waals surface area contributed by atoms with Gasteiger partial charge in [0, 0.05) is 11.3 Å². The Balaban J connectivity index is 1.86. The average molecular weight is 327 g/mol. The molecular weight excluding hydrogens is 300 g/mol. The smallest absolute Gasteiger partial charge is 0.279 e. The van der Waals surface area contributed by atoms with Crippen LogP contribution in [0.4, 0.5) is 5.69 Å². The third-order valence-electron chi connectivity index (χ3n) is 3.71. The van der Waals surface area contributed by atoms with Crippen molar-refractivity contribution in [3.05, 3.63) is 59.2 Å². The van der Waals surface area contributed by atoms with E-state index in [1.54, 1.807) is 0 Å². The summed E-state index contributed by atoms with van der Waals surface area (Å²) in [7, 11) is 2.03. The van der Waals surface area contributed by atoms with Gasteiger partial charge in [-0.2, -0.15) is 0 Å². The first-order valence-corrected chi connectivity index (χ1v) is 8.37. The molecule has 24 heavy (non-hydrogen) atoms. The summed E-state index contributed by atoms with van der Waals surface area (Å²) in [6.07, 6.45) is 0. The molecule has 0 heterocycles. The van der Waals surface area contributed by atoms with E-state index in [0.717, 1.165) is 34.0 Å². The molecular formula is C20H27N2O2+. The molecule has 2 aromatic carbocycles. The van der Waals surface area contributed by atoms with Gasteiger partial charge < -0.3 is 15.0 Å². The Morgan fingerprint density at radius 3 is 2.29 bits per heavy atom. The summed E-state index contributed by atoms with van der Waals surface area (Å²) >= 11 is 0. The molecule has 0 aliphatic carbocycles. The summed E-state index contributed by atoms with van der Waals surface area (Å²) in [4.78, 5) is 13.4. The quantitative estimate of drug-likeness (QED) is 0.820. The van der Waals surface area contributed by atoms with Crippen molar-refractivity contribution in [1.82, 2.24) is 0 Å². The number of amides is 1. The SMILES string of the molecule is CCOc1ccc(C[NH+](C)CC(=O)Nc2cc(C)cc(C)c2)cc1. The van der Waals surface area contributed by atoms with Crippen molar-refractivity contribution in [3.63, 3.8) is 0 Å². The molecule has 0 fully saturated rings. The monoisotopic (exact) mass is 327 g/mol. The molecule has 0 saturated heterocycles. The molecule has 0 spiro atoms. The molecule has 0 saturated carbocycles. The lowest BCUT2D eigenvalue weighted by Crippen LogP contribution is -3.08. The Morgan fingerprint density at radius 2 is 1.71 bits per heavy atom. The van der Waals surface area contributed by atoms with Gasteiger partial charge in [-0.15, -0.1) is 0 Å². The first-order chi connectivity index (χ1) is 11.5. The van der Waals surface area contributed by atoms with E-state index in [-0.39, 0.29) is 5.91 Å². The van der Waals surface area contributed by atoms with E-state index in [9.17, 15) is 4.79 Å². The van der Waals surface area contributed by atoms with Crippen molar-refractivity contribution in [2.45, 2.75) is 27.3 Å². The zero-order valence-corrected chi connectivity index (χ0v) is 15.0.